The monoisotopic (exact) mass is 234 g/mol. The third-order valence-corrected chi connectivity index (χ3v) is 2.74. The molecule has 0 saturated heterocycles. The molecule has 1 heterocycles. The van der Waals surface area contributed by atoms with Gasteiger partial charge in [0.2, 0.25) is 0 Å². The summed E-state index contributed by atoms with van der Waals surface area (Å²) in [7, 11) is 2.05. The summed E-state index contributed by atoms with van der Waals surface area (Å²) >= 11 is 5.55. The van der Waals surface area contributed by atoms with Gasteiger partial charge in [-0.1, -0.05) is 12.2 Å². The zero-order valence-electron chi connectivity index (χ0n) is 9.28. The highest BCUT2D eigenvalue weighted by atomic mass is 35.5. The number of rotatable bonds is 4. The number of benzene rings is 1. The van der Waals surface area contributed by atoms with Crippen molar-refractivity contribution in [2.75, 3.05) is 17.7 Å². The molecule has 0 fully saturated rings. The van der Waals surface area contributed by atoms with Crippen LogP contribution in [0.5, 0.6) is 0 Å². The molecule has 0 unspecified atom stereocenters. The molecule has 1 aromatic carbocycles. The Morgan fingerprint density at radius 3 is 3.00 bits per heavy atom. The predicted molar refractivity (Wildman–Crippen MR) is 71.3 cm³/mol. The Balaban J connectivity index is 2.11. The van der Waals surface area contributed by atoms with Gasteiger partial charge in [0.05, 0.1) is 0 Å². The van der Waals surface area contributed by atoms with Gasteiger partial charge < -0.3 is 9.88 Å². The highest BCUT2D eigenvalue weighted by Crippen LogP contribution is 2.19. The van der Waals surface area contributed by atoms with Crippen LogP contribution in [0.2, 0.25) is 0 Å². The first-order valence-corrected chi connectivity index (χ1v) is 5.84. The number of nitrogens with zero attached hydrogens (tertiary/aromatic N) is 1. The smallest absolute Gasteiger partial charge is 0.0479 e. The fourth-order valence-corrected chi connectivity index (χ4v) is 1.84. The van der Waals surface area contributed by atoms with Gasteiger partial charge >= 0.3 is 0 Å². The molecule has 0 saturated carbocycles. The van der Waals surface area contributed by atoms with E-state index < -0.39 is 0 Å². The lowest BCUT2D eigenvalue weighted by atomic mass is 10.2. The van der Waals surface area contributed by atoms with E-state index in [1.54, 1.807) is 0 Å². The van der Waals surface area contributed by atoms with Crippen molar-refractivity contribution in [3.8, 4) is 0 Å². The Morgan fingerprint density at radius 2 is 2.19 bits per heavy atom. The van der Waals surface area contributed by atoms with Gasteiger partial charge in [-0.05, 0) is 24.3 Å². The molecule has 2 rings (SSSR count). The number of allylic oxidation sites excluding steroid dienone is 1. The summed E-state index contributed by atoms with van der Waals surface area (Å²) in [6.07, 6.45) is 6.04. The topological polar surface area (TPSA) is 17.0 Å². The Morgan fingerprint density at radius 1 is 1.31 bits per heavy atom. The van der Waals surface area contributed by atoms with E-state index in [1.807, 2.05) is 12.2 Å². The van der Waals surface area contributed by atoms with Crippen LogP contribution in [-0.4, -0.2) is 17.0 Å². The van der Waals surface area contributed by atoms with Gasteiger partial charge in [-0.25, -0.2) is 0 Å². The minimum absolute atomic E-state index is 0.569. The molecular weight excluding hydrogens is 220 g/mol. The first-order valence-electron chi connectivity index (χ1n) is 5.31. The third kappa shape index (κ3) is 2.39. The molecule has 3 heteroatoms. The van der Waals surface area contributed by atoms with Gasteiger partial charge in [0.1, 0.15) is 0 Å². The van der Waals surface area contributed by atoms with Crippen LogP contribution in [0, 0.1) is 0 Å². The van der Waals surface area contributed by atoms with E-state index in [2.05, 4.69) is 47.4 Å². The molecular formula is C13H15ClN2. The quantitative estimate of drug-likeness (QED) is 0.634. The molecule has 0 aliphatic carbocycles. The number of hydrogen-bond donors (Lipinski definition) is 1. The molecule has 0 spiro atoms. The van der Waals surface area contributed by atoms with Crippen LogP contribution >= 0.6 is 11.6 Å². The van der Waals surface area contributed by atoms with Crippen molar-refractivity contribution in [3.05, 3.63) is 42.6 Å². The van der Waals surface area contributed by atoms with Crippen LogP contribution in [-0.2, 0) is 7.05 Å². The number of nitrogens with one attached hydrogen (secondary N) is 1. The van der Waals surface area contributed by atoms with Crippen LogP contribution in [0.15, 0.2) is 42.6 Å². The molecule has 0 bridgehead atoms. The molecule has 0 radical (unpaired) electrons. The van der Waals surface area contributed by atoms with Gasteiger partial charge in [-0.2, -0.15) is 0 Å². The van der Waals surface area contributed by atoms with Crippen molar-refractivity contribution >= 4 is 28.2 Å². The number of aromatic nitrogens is 1. The predicted octanol–water partition coefficient (Wildman–Crippen LogP) is 3.39. The molecule has 0 aliphatic rings. The number of hydrogen-bond acceptors (Lipinski definition) is 1. The number of alkyl halides is 1. The van der Waals surface area contributed by atoms with Crippen LogP contribution in [0.4, 0.5) is 5.69 Å². The number of fused-ring (bicyclic) bond motifs is 1. The van der Waals surface area contributed by atoms with E-state index in [0.717, 1.165) is 12.2 Å². The summed E-state index contributed by atoms with van der Waals surface area (Å²) in [4.78, 5) is 0. The normalized spacial score (nSPS) is 11.4. The van der Waals surface area contributed by atoms with Crippen molar-refractivity contribution in [1.82, 2.24) is 4.57 Å². The molecule has 2 aromatic rings. The first-order chi connectivity index (χ1) is 7.81. The second-order valence-electron chi connectivity index (χ2n) is 3.71. The zero-order chi connectivity index (χ0) is 11.4. The molecule has 0 amide bonds. The number of anilines is 1. The van der Waals surface area contributed by atoms with Gasteiger partial charge in [0, 0.05) is 42.3 Å². The summed E-state index contributed by atoms with van der Waals surface area (Å²) in [5.41, 5.74) is 2.39. The molecule has 84 valence electrons. The highest BCUT2D eigenvalue weighted by Gasteiger charge is 1.98. The van der Waals surface area contributed by atoms with Crippen LogP contribution < -0.4 is 5.32 Å². The molecule has 1 aromatic heterocycles. The second-order valence-corrected chi connectivity index (χ2v) is 4.02. The van der Waals surface area contributed by atoms with Crippen LogP contribution in [0.3, 0.4) is 0 Å². The molecule has 0 aliphatic heterocycles. The Bertz CT molecular complexity index is 500. The molecule has 0 atom stereocenters. The van der Waals surface area contributed by atoms with Crippen molar-refractivity contribution in [3.63, 3.8) is 0 Å². The van der Waals surface area contributed by atoms with E-state index in [9.17, 15) is 0 Å². The van der Waals surface area contributed by atoms with Gasteiger partial charge in [-0.15, -0.1) is 11.6 Å². The minimum atomic E-state index is 0.569. The van der Waals surface area contributed by atoms with Crippen molar-refractivity contribution in [2.45, 2.75) is 0 Å². The summed E-state index contributed by atoms with van der Waals surface area (Å²) in [6, 6.07) is 8.50. The standard InChI is InChI=1S/C13H15ClN2/c1-16-9-6-11-10-12(4-5-13(11)16)15-8-3-2-7-14/h2-6,9-10,15H,7-8H2,1H3/b3-2+. The number of halogens is 1. The molecule has 2 nitrogen and oxygen atoms in total. The van der Waals surface area contributed by atoms with Crippen molar-refractivity contribution in [2.24, 2.45) is 7.05 Å². The van der Waals surface area contributed by atoms with Gasteiger partial charge in [0.25, 0.3) is 0 Å². The van der Waals surface area contributed by atoms with Gasteiger partial charge in [-0.3, -0.25) is 0 Å². The largest absolute Gasteiger partial charge is 0.382 e. The van der Waals surface area contributed by atoms with E-state index in [4.69, 9.17) is 11.6 Å². The summed E-state index contributed by atoms with van der Waals surface area (Å²) in [6.45, 7) is 0.811. The minimum Gasteiger partial charge on any atom is -0.382 e. The van der Waals surface area contributed by atoms with E-state index >= 15 is 0 Å². The highest BCUT2D eigenvalue weighted by molar-refractivity contribution is 6.18. The average Bonchev–Trinajstić information content (AvgIpc) is 2.66. The lowest BCUT2D eigenvalue weighted by Gasteiger charge is -2.04. The molecule has 1 N–H and O–H groups in total. The maximum Gasteiger partial charge on any atom is 0.0479 e. The number of aryl methyl sites for hydroxylation is 1. The second kappa shape index (κ2) is 5.08. The fourth-order valence-electron chi connectivity index (χ4n) is 1.71. The summed E-state index contributed by atoms with van der Waals surface area (Å²) < 4.78 is 2.12. The average molecular weight is 235 g/mol. The van der Waals surface area contributed by atoms with Crippen molar-refractivity contribution in [1.29, 1.82) is 0 Å². The summed E-state index contributed by atoms with van der Waals surface area (Å²) in [5.74, 6) is 0.569. The van der Waals surface area contributed by atoms with Crippen LogP contribution in [0.25, 0.3) is 10.9 Å². The lowest BCUT2D eigenvalue weighted by molar-refractivity contribution is 0.969. The Kier molecular flexibility index (Phi) is 3.52. The molecule has 16 heavy (non-hydrogen) atoms. The van der Waals surface area contributed by atoms with E-state index in [1.165, 1.54) is 10.9 Å². The van der Waals surface area contributed by atoms with Gasteiger partial charge in [0.15, 0.2) is 0 Å². The summed E-state index contributed by atoms with van der Waals surface area (Å²) in [5, 5.41) is 4.58. The maximum atomic E-state index is 5.55. The SMILES string of the molecule is Cn1ccc2cc(NC/C=C/CCl)ccc21. The van der Waals surface area contributed by atoms with E-state index in [0.29, 0.717) is 5.88 Å². The maximum absolute atomic E-state index is 5.55. The lowest BCUT2D eigenvalue weighted by Crippen LogP contribution is -1.97. The fraction of sp³-hybridized carbons (Fsp3) is 0.231. The van der Waals surface area contributed by atoms with E-state index in [-0.39, 0.29) is 0 Å². The Labute approximate surface area is 101 Å². The third-order valence-electron chi connectivity index (χ3n) is 2.57. The Hall–Kier alpha value is -1.41. The van der Waals surface area contributed by atoms with Crippen molar-refractivity contribution < 1.29 is 0 Å². The zero-order valence-corrected chi connectivity index (χ0v) is 10.0. The van der Waals surface area contributed by atoms with Crippen LogP contribution in [0.1, 0.15) is 0 Å². The first kappa shape index (κ1) is 11.1.